The van der Waals surface area contributed by atoms with Gasteiger partial charge in [0, 0.05) is 17.7 Å². The summed E-state index contributed by atoms with van der Waals surface area (Å²) in [6.07, 6.45) is 3.27. The predicted molar refractivity (Wildman–Crippen MR) is 78.3 cm³/mol. The Morgan fingerprint density at radius 1 is 1.20 bits per heavy atom. The fraction of sp³-hybridized carbons (Fsp3) is 0.0625. The second kappa shape index (κ2) is 6.52. The van der Waals surface area contributed by atoms with Crippen molar-refractivity contribution in [2.24, 2.45) is 0 Å². The molecule has 0 N–H and O–H groups in total. The third kappa shape index (κ3) is 3.45. The zero-order chi connectivity index (χ0) is 14.4. The van der Waals surface area contributed by atoms with Gasteiger partial charge in [-0.2, -0.15) is 0 Å². The number of nitro groups is 1. The number of benzene rings is 2. The van der Waals surface area contributed by atoms with Crippen molar-refractivity contribution >= 4 is 11.8 Å². The van der Waals surface area contributed by atoms with Crippen molar-refractivity contribution in [2.45, 2.75) is 6.61 Å². The van der Waals surface area contributed by atoms with Crippen LogP contribution in [0.15, 0.2) is 54.6 Å². The second-order valence-electron chi connectivity index (χ2n) is 4.16. The predicted octanol–water partition coefficient (Wildman–Crippen LogP) is 4.02. The van der Waals surface area contributed by atoms with Gasteiger partial charge in [0.2, 0.25) is 0 Å². The van der Waals surface area contributed by atoms with E-state index >= 15 is 0 Å². The molecule has 4 heteroatoms. The van der Waals surface area contributed by atoms with E-state index in [9.17, 15) is 10.1 Å². The summed E-state index contributed by atoms with van der Waals surface area (Å²) in [5.41, 5.74) is 1.71. The molecule has 0 heterocycles. The summed E-state index contributed by atoms with van der Waals surface area (Å²) >= 11 is 0. The maximum absolute atomic E-state index is 10.8. The Bertz CT molecular complexity index is 621. The van der Waals surface area contributed by atoms with Crippen LogP contribution in [0.4, 0.5) is 5.69 Å². The fourth-order valence-corrected chi connectivity index (χ4v) is 1.77. The van der Waals surface area contributed by atoms with Crippen molar-refractivity contribution in [3.63, 3.8) is 0 Å². The number of nitrogens with zero attached hydrogens (tertiary/aromatic N) is 1. The highest BCUT2D eigenvalue weighted by molar-refractivity contribution is 5.61. The standard InChI is InChI=1S/C16H14NO3/c1-2-6-14-11-15(17(18)19)9-10-16(14)20-12-13-7-4-3-5-8-13/h2-11H,1,12H2. The van der Waals surface area contributed by atoms with Gasteiger partial charge in [-0.15, -0.1) is 0 Å². The van der Waals surface area contributed by atoms with Gasteiger partial charge in [-0.1, -0.05) is 42.5 Å². The van der Waals surface area contributed by atoms with Crippen LogP contribution < -0.4 is 4.74 Å². The zero-order valence-corrected chi connectivity index (χ0v) is 10.9. The van der Waals surface area contributed by atoms with Crippen LogP contribution in [0.2, 0.25) is 0 Å². The number of ether oxygens (including phenoxy) is 1. The number of hydrogen-bond donors (Lipinski definition) is 0. The summed E-state index contributed by atoms with van der Waals surface area (Å²) in [4.78, 5) is 10.3. The van der Waals surface area contributed by atoms with E-state index in [0.717, 1.165) is 5.56 Å². The molecule has 0 aliphatic carbocycles. The van der Waals surface area contributed by atoms with E-state index in [-0.39, 0.29) is 5.69 Å². The minimum atomic E-state index is -0.429. The van der Waals surface area contributed by atoms with E-state index in [1.54, 1.807) is 18.2 Å². The lowest BCUT2D eigenvalue weighted by Crippen LogP contribution is -1.97. The third-order valence-electron chi connectivity index (χ3n) is 2.74. The lowest BCUT2D eigenvalue weighted by atomic mass is 10.1. The Morgan fingerprint density at radius 3 is 2.60 bits per heavy atom. The highest BCUT2D eigenvalue weighted by atomic mass is 16.6. The quantitative estimate of drug-likeness (QED) is 0.608. The summed E-state index contributed by atoms with van der Waals surface area (Å²) in [6.45, 7) is 4.02. The molecule has 20 heavy (non-hydrogen) atoms. The van der Waals surface area contributed by atoms with Crippen LogP contribution in [0, 0.1) is 17.0 Å². The van der Waals surface area contributed by atoms with Gasteiger partial charge in [-0.05, 0) is 18.6 Å². The Hall–Kier alpha value is -2.62. The molecule has 2 aromatic rings. The third-order valence-corrected chi connectivity index (χ3v) is 2.74. The van der Waals surface area contributed by atoms with Crippen molar-refractivity contribution in [3.8, 4) is 5.75 Å². The van der Waals surface area contributed by atoms with Crippen LogP contribution in [0.3, 0.4) is 0 Å². The van der Waals surface area contributed by atoms with E-state index in [4.69, 9.17) is 4.74 Å². The molecule has 0 atom stereocenters. The van der Waals surface area contributed by atoms with Gasteiger partial charge in [0.1, 0.15) is 12.4 Å². The second-order valence-corrected chi connectivity index (χ2v) is 4.16. The molecule has 0 saturated carbocycles. The fourth-order valence-electron chi connectivity index (χ4n) is 1.77. The van der Waals surface area contributed by atoms with Crippen molar-refractivity contribution in [1.82, 2.24) is 0 Å². The van der Waals surface area contributed by atoms with Gasteiger partial charge in [-0.25, -0.2) is 0 Å². The molecule has 4 nitrogen and oxygen atoms in total. The Morgan fingerprint density at radius 2 is 1.95 bits per heavy atom. The van der Waals surface area contributed by atoms with Crippen molar-refractivity contribution in [3.05, 3.63) is 82.8 Å². The van der Waals surface area contributed by atoms with E-state index in [0.29, 0.717) is 17.9 Å². The van der Waals surface area contributed by atoms with Crippen LogP contribution >= 0.6 is 0 Å². The molecule has 0 fully saturated rings. The molecule has 0 aliphatic rings. The summed E-state index contributed by atoms with van der Waals surface area (Å²) in [6, 6.07) is 14.2. The first-order valence-electron chi connectivity index (χ1n) is 6.11. The van der Waals surface area contributed by atoms with E-state index < -0.39 is 4.92 Å². The van der Waals surface area contributed by atoms with Crippen LogP contribution in [0.1, 0.15) is 11.1 Å². The smallest absolute Gasteiger partial charge is 0.270 e. The lowest BCUT2D eigenvalue weighted by molar-refractivity contribution is -0.384. The highest BCUT2D eigenvalue weighted by Gasteiger charge is 2.10. The van der Waals surface area contributed by atoms with Gasteiger partial charge in [0.15, 0.2) is 0 Å². The SMILES string of the molecule is [CH2]C=Cc1cc([N+](=O)[O-])ccc1OCc1ccccc1. The molecule has 0 saturated heterocycles. The van der Waals surface area contributed by atoms with Gasteiger partial charge in [0.05, 0.1) is 4.92 Å². The largest absolute Gasteiger partial charge is 0.488 e. The average molecular weight is 268 g/mol. The van der Waals surface area contributed by atoms with Crippen molar-refractivity contribution in [1.29, 1.82) is 0 Å². The summed E-state index contributed by atoms with van der Waals surface area (Å²) in [5, 5.41) is 10.8. The first kappa shape index (κ1) is 13.8. The Labute approximate surface area is 117 Å². The maximum Gasteiger partial charge on any atom is 0.270 e. The van der Waals surface area contributed by atoms with Gasteiger partial charge in [-0.3, -0.25) is 10.1 Å². The Kier molecular flexibility index (Phi) is 4.50. The lowest BCUT2D eigenvalue weighted by Gasteiger charge is -2.09. The van der Waals surface area contributed by atoms with Crippen LogP contribution in [0.5, 0.6) is 5.75 Å². The molecule has 0 spiro atoms. The van der Waals surface area contributed by atoms with Crippen LogP contribution in [-0.4, -0.2) is 4.92 Å². The minimum Gasteiger partial charge on any atom is -0.488 e. The Balaban J connectivity index is 2.20. The topological polar surface area (TPSA) is 52.4 Å². The molecule has 0 aromatic heterocycles. The van der Waals surface area contributed by atoms with Gasteiger partial charge >= 0.3 is 0 Å². The van der Waals surface area contributed by atoms with Crippen LogP contribution in [0.25, 0.3) is 6.08 Å². The van der Waals surface area contributed by atoms with E-state index in [1.807, 2.05) is 30.3 Å². The average Bonchev–Trinajstić information content (AvgIpc) is 2.47. The first-order valence-corrected chi connectivity index (χ1v) is 6.11. The number of rotatable bonds is 5. The molecule has 0 amide bonds. The monoisotopic (exact) mass is 268 g/mol. The molecule has 101 valence electrons. The maximum atomic E-state index is 10.8. The molecule has 2 rings (SSSR count). The minimum absolute atomic E-state index is 0.0326. The molecule has 2 aromatic carbocycles. The zero-order valence-electron chi connectivity index (χ0n) is 10.9. The molecular formula is C16H14NO3. The van der Waals surface area contributed by atoms with Crippen molar-refractivity contribution < 1.29 is 9.66 Å². The summed E-state index contributed by atoms with van der Waals surface area (Å²) in [5.74, 6) is 0.597. The molecule has 0 bridgehead atoms. The van der Waals surface area contributed by atoms with E-state index in [2.05, 4.69) is 6.92 Å². The number of nitro benzene ring substituents is 1. The van der Waals surface area contributed by atoms with Gasteiger partial charge in [0.25, 0.3) is 5.69 Å². The molecular weight excluding hydrogens is 254 g/mol. The first-order chi connectivity index (χ1) is 9.70. The summed E-state index contributed by atoms with van der Waals surface area (Å²) in [7, 11) is 0. The molecule has 0 aliphatic heterocycles. The van der Waals surface area contributed by atoms with Crippen LogP contribution in [-0.2, 0) is 6.61 Å². The molecule has 0 unspecified atom stereocenters. The number of non-ortho nitro benzene ring substituents is 1. The highest BCUT2D eigenvalue weighted by Crippen LogP contribution is 2.26. The normalized spacial score (nSPS) is 10.7. The molecule has 1 radical (unpaired) electrons. The number of allylic oxidation sites excluding steroid dienone is 1. The number of hydrogen-bond acceptors (Lipinski definition) is 3. The van der Waals surface area contributed by atoms with Crippen molar-refractivity contribution in [2.75, 3.05) is 0 Å². The van der Waals surface area contributed by atoms with E-state index in [1.165, 1.54) is 12.1 Å². The van der Waals surface area contributed by atoms with Gasteiger partial charge < -0.3 is 4.74 Å². The summed E-state index contributed by atoms with van der Waals surface area (Å²) < 4.78 is 5.71.